The number of rotatable bonds is 4. The van der Waals surface area contributed by atoms with Crippen molar-refractivity contribution in [1.82, 2.24) is 0 Å². The van der Waals surface area contributed by atoms with Gasteiger partial charge in [0, 0.05) is 6.42 Å². The minimum Gasteiger partial charge on any atom is -0.481 e. The predicted molar refractivity (Wildman–Crippen MR) is 115 cm³/mol. The first-order valence-electron chi connectivity index (χ1n) is 11.3. The fourth-order valence-corrected chi connectivity index (χ4v) is 4.31. The van der Waals surface area contributed by atoms with E-state index in [-0.39, 0.29) is 18.3 Å². The Hall–Kier alpha value is -1.62. The highest BCUT2D eigenvalue weighted by atomic mass is 16.5. The standard InChI is InChI=1S/C13H20.C6H12O2.C5H8O3/c1-3-12-10(2)8-9-11-6-4-5-7-13(11)12;1-3-5(4-2)6(7)8;6-4-1-2-8-5(7)3-4/h6,8-10,12-13H,3-5,7H2,1-2H3;5H,3-4H2,1-2H3,(H,7,8);4,6H,1-3H2. The molecule has 1 fully saturated rings. The van der Waals surface area contributed by atoms with Crippen molar-refractivity contribution in [3.05, 3.63) is 23.8 Å². The lowest BCUT2D eigenvalue weighted by atomic mass is 9.69. The first-order chi connectivity index (χ1) is 13.8. The number of hydrogen-bond acceptors (Lipinski definition) is 4. The molecule has 5 nitrogen and oxygen atoms in total. The van der Waals surface area contributed by atoms with Crippen LogP contribution in [-0.2, 0) is 14.3 Å². The van der Waals surface area contributed by atoms with Crippen LogP contribution in [0.4, 0.5) is 0 Å². The Balaban J connectivity index is 0.000000230. The molecule has 0 amide bonds. The second-order valence-electron chi connectivity index (χ2n) is 8.25. The fourth-order valence-electron chi connectivity index (χ4n) is 4.31. The van der Waals surface area contributed by atoms with Crippen molar-refractivity contribution in [2.24, 2.45) is 23.7 Å². The zero-order valence-electron chi connectivity index (χ0n) is 18.6. The van der Waals surface area contributed by atoms with E-state index in [0.717, 1.165) is 30.6 Å². The number of aliphatic carboxylic acids is 1. The Morgan fingerprint density at radius 2 is 1.93 bits per heavy atom. The Labute approximate surface area is 176 Å². The molecular formula is C24H40O5. The van der Waals surface area contributed by atoms with Gasteiger partial charge in [0.2, 0.25) is 0 Å². The second kappa shape index (κ2) is 13.6. The first-order valence-corrected chi connectivity index (χ1v) is 11.3. The van der Waals surface area contributed by atoms with Crippen LogP contribution >= 0.6 is 0 Å². The third-order valence-corrected chi connectivity index (χ3v) is 6.23. The number of carboxylic acid groups (broad SMARTS) is 1. The lowest BCUT2D eigenvalue weighted by Crippen LogP contribution is -2.26. The topological polar surface area (TPSA) is 83.8 Å². The highest BCUT2D eigenvalue weighted by Gasteiger charge is 2.30. The van der Waals surface area contributed by atoms with E-state index in [1.54, 1.807) is 5.57 Å². The van der Waals surface area contributed by atoms with E-state index < -0.39 is 12.1 Å². The lowest BCUT2D eigenvalue weighted by Gasteiger charge is -2.36. The zero-order chi connectivity index (χ0) is 21.8. The molecule has 0 aromatic carbocycles. The van der Waals surface area contributed by atoms with E-state index >= 15 is 0 Å². The summed E-state index contributed by atoms with van der Waals surface area (Å²) in [5.41, 5.74) is 1.64. The number of aliphatic hydroxyl groups is 1. The number of ether oxygens (including phenoxy) is 1. The van der Waals surface area contributed by atoms with Gasteiger partial charge in [-0.2, -0.15) is 0 Å². The second-order valence-corrected chi connectivity index (χ2v) is 8.25. The molecule has 0 saturated carbocycles. The Bertz CT molecular complexity index is 560. The van der Waals surface area contributed by atoms with E-state index in [4.69, 9.17) is 10.2 Å². The average Bonchev–Trinajstić information content (AvgIpc) is 2.69. The van der Waals surface area contributed by atoms with Crippen molar-refractivity contribution >= 4 is 11.9 Å². The van der Waals surface area contributed by atoms with Gasteiger partial charge in [0.25, 0.3) is 0 Å². The molecule has 29 heavy (non-hydrogen) atoms. The average molecular weight is 409 g/mol. The number of carbonyl (C=O) groups is 2. The van der Waals surface area contributed by atoms with Gasteiger partial charge in [0.1, 0.15) is 0 Å². The van der Waals surface area contributed by atoms with E-state index in [1.807, 2.05) is 13.8 Å². The molecule has 3 aliphatic rings. The highest BCUT2D eigenvalue weighted by Crippen LogP contribution is 2.41. The maximum Gasteiger partial charge on any atom is 0.308 e. The molecule has 5 heteroatoms. The normalized spacial score (nSPS) is 28.1. The zero-order valence-corrected chi connectivity index (χ0v) is 18.6. The number of carboxylic acids is 1. The minimum atomic E-state index is -0.671. The fraction of sp³-hybridized carbons (Fsp3) is 0.750. The maximum absolute atomic E-state index is 10.3. The van der Waals surface area contributed by atoms with Crippen LogP contribution in [-0.4, -0.2) is 34.9 Å². The minimum absolute atomic E-state index is 0.130. The molecule has 4 atom stereocenters. The van der Waals surface area contributed by atoms with Gasteiger partial charge >= 0.3 is 11.9 Å². The van der Waals surface area contributed by atoms with E-state index in [1.165, 1.54) is 25.7 Å². The van der Waals surface area contributed by atoms with Crippen LogP contribution in [0.3, 0.4) is 0 Å². The summed E-state index contributed by atoms with van der Waals surface area (Å²) in [5, 5.41) is 17.2. The number of hydrogen-bond donors (Lipinski definition) is 2. The van der Waals surface area contributed by atoms with Gasteiger partial charge in [-0.15, -0.1) is 0 Å². The van der Waals surface area contributed by atoms with Gasteiger partial charge in [-0.05, 0) is 55.4 Å². The number of allylic oxidation sites excluding steroid dienone is 4. The van der Waals surface area contributed by atoms with Crippen molar-refractivity contribution in [2.45, 2.75) is 85.2 Å². The molecule has 3 rings (SSSR count). The summed E-state index contributed by atoms with van der Waals surface area (Å²) in [6.45, 7) is 8.87. The third-order valence-electron chi connectivity index (χ3n) is 6.23. The van der Waals surface area contributed by atoms with E-state index in [9.17, 15) is 9.59 Å². The van der Waals surface area contributed by atoms with Crippen molar-refractivity contribution in [1.29, 1.82) is 0 Å². The SMILES string of the molecule is CCC(CC)C(=O)O.CCC1C(C)C=CC2=CCCCC21.O=C1CC(O)CCO1. The van der Waals surface area contributed by atoms with Crippen LogP contribution in [0.1, 0.15) is 79.1 Å². The summed E-state index contributed by atoms with van der Waals surface area (Å²) in [4.78, 5) is 20.5. The third kappa shape index (κ3) is 8.73. The van der Waals surface area contributed by atoms with Crippen LogP contribution in [0.2, 0.25) is 0 Å². The predicted octanol–water partition coefficient (Wildman–Crippen LogP) is 5.14. The van der Waals surface area contributed by atoms with Crippen LogP contribution in [0.5, 0.6) is 0 Å². The molecule has 0 radical (unpaired) electrons. The molecule has 2 aliphatic carbocycles. The monoisotopic (exact) mass is 408 g/mol. The molecule has 0 spiro atoms. The van der Waals surface area contributed by atoms with Crippen molar-refractivity contribution < 1.29 is 24.5 Å². The molecule has 1 aliphatic heterocycles. The van der Waals surface area contributed by atoms with Crippen LogP contribution in [0.25, 0.3) is 0 Å². The van der Waals surface area contributed by atoms with Gasteiger partial charge in [-0.25, -0.2) is 0 Å². The van der Waals surface area contributed by atoms with Gasteiger partial charge in [-0.1, -0.05) is 52.3 Å². The quantitative estimate of drug-likeness (QED) is 0.630. The molecule has 0 aromatic rings. The molecule has 166 valence electrons. The molecule has 0 bridgehead atoms. The van der Waals surface area contributed by atoms with Crippen LogP contribution in [0, 0.1) is 23.7 Å². The summed E-state index contributed by atoms with van der Waals surface area (Å²) in [6, 6.07) is 0. The van der Waals surface area contributed by atoms with Gasteiger partial charge < -0.3 is 14.9 Å². The smallest absolute Gasteiger partial charge is 0.308 e. The molecule has 0 aromatic heterocycles. The van der Waals surface area contributed by atoms with Gasteiger partial charge in [-0.3, -0.25) is 9.59 Å². The summed E-state index contributed by atoms with van der Waals surface area (Å²) < 4.78 is 4.55. The first kappa shape index (κ1) is 25.4. The van der Waals surface area contributed by atoms with Crippen LogP contribution < -0.4 is 0 Å². The van der Waals surface area contributed by atoms with Gasteiger partial charge in [0.15, 0.2) is 0 Å². The number of esters is 1. The Kier molecular flexibility index (Phi) is 11.9. The Morgan fingerprint density at radius 3 is 2.38 bits per heavy atom. The molecule has 2 N–H and O–H groups in total. The van der Waals surface area contributed by atoms with Crippen molar-refractivity contribution in [3.63, 3.8) is 0 Å². The van der Waals surface area contributed by atoms with Crippen molar-refractivity contribution in [2.75, 3.05) is 6.61 Å². The molecule has 4 unspecified atom stereocenters. The molecule has 1 heterocycles. The number of cyclic esters (lactones) is 1. The summed E-state index contributed by atoms with van der Waals surface area (Å²) in [7, 11) is 0. The van der Waals surface area contributed by atoms with E-state index in [2.05, 4.69) is 36.8 Å². The number of aliphatic hydroxyl groups excluding tert-OH is 1. The highest BCUT2D eigenvalue weighted by molar-refractivity contribution is 5.70. The summed E-state index contributed by atoms with van der Waals surface area (Å²) >= 11 is 0. The maximum atomic E-state index is 10.3. The van der Waals surface area contributed by atoms with E-state index in [0.29, 0.717) is 13.0 Å². The molecular weight excluding hydrogens is 368 g/mol. The number of fused-ring (bicyclic) bond motifs is 1. The lowest BCUT2D eigenvalue weighted by molar-refractivity contribution is -0.151. The van der Waals surface area contributed by atoms with Gasteiger partial charge in [0.05, 0.1) is 25.0 Å². The summed E-state index contributed by atoms with van der Waals surface area (Å²) in [6.07, 6.45) is 14.5. The molecule has 1 saturated heterocycles. The summed E-state index contributed by atoms with van der Waals surface area (Å²) in [5.74, 6) is 1.51. The van der Waals surface area contributed by atoms with Crippen LogP contribution in [0.15, 0.2) is 23.8 Å². The number of carbonyl (C=O) groups excluding carboxylic acids is 1. The van der Waals surface area contributed by atoms with Crippen molar-refractivity contribution in [3.8, 4) is 0 Å². The Morgan fingerprint density at radius 1 is 1.24 bits per heavy atom. The largest absolute Gasteiger partial charge is 0.481 e.